The normalized spacial score (nSPS) is 16.3. The number of H-pyrrole nitrogens is 1. The van der Waals surface area contributed by atoms with Crippen molar-refractivity contribution in [1.29, 1.82) is 0 Å². The number of benzene rings is 2. The van der Waals surface area contributed by atoms with Gasteiger partial charge in [0, 0.05) is 36.2 Å². The lowest BCUT2D eigenvalue weighted by atomic mass is 10.0. The van der Waals surface area contributed by atoms with Gasteiger partial charge in [-0.1, -0.05) is 31.2 Å². The highest BCUT2D eigenvalue weighted by molar-refractivity contribution is 5.80. The third-order valence-electron chi connectivity index (χ3n) is 7.59. The molecule has 206 valence electrons. The zero-order valence-corrected chi connectivity index (χ0v) is 23.1. The number of nitrogens with one attached hydrogen (secondary N) is 1. The molecule has 4 aromatic rings. The van der Waals surface area contributed by atoms with Crippen LogP contribution in [-0.4, -0.2) is 56.0 Å². The average Bonchev–Trinajstić information content (AvgIpc) is 3.62. The number of aryl methyl sites for hydroxylation is 1. The smallest absolute Gasteiger partial charge is 0.252 e. The molecule has 0 unspecified atom stereocenters. The third kappa shape index (κ3) is 6.37. The first-order valence-corrected chi connectivity index (χ1v) is 14.0. The largest absolute Gasteiger partial charge is 0.494 e. The Kier molecular flexibility index (Phi) is 8.68. The number of pyridine rings is 1. The van der Waals surface area contributed by atoms with Crippen LogP contribution in [0.2, 0.25) is 0 Å². The highest BCUT2D eigenvalue weighted by Crippen LogP contribution is 2.27. The van der Waals surface area contributed by atoms with Gasteiger partial charge in [0.2, 0.25) is 0 Å². The monoisotopic (exact) mass is 530 g/mol. The lowest BCUT2D eigenvalue weighted by Crippen LogP contribution is -2.35. The molecular weight excluding hydrogens is 492 g/mol. The lowest BCUT2D eigenvalue weighted by molar-refractivity contribution is 0.0893. The molecule has 0 saturated carbocycles. The Balaban J connectivity index is 1.47. The molecule has 1 saturated heterocycles. The summed E-state index contributed by atoms with van der Waals surface area (Å²) in [4.78, 5) is 18.6. The topological polar surface area (TPSA) is 98.2 Å². The molecule has 2 aromatic heterocycles. The second-order valence-electron chi connectivity index (χ2n) is 10.2. The van der Waals surface area contributed by atoms with Crippen LogP contribution in [0.4, 0.5) is 0 Å². The Morgan fingerprint density at radius 1 is 1.18 bits per heavy atom. The van der Waals surface area contributed by atoms with E-state index in [1.54, 1.807) is 0 Å². The van der Waals surface area contributed by atoms with Crippen LogP contribution in [0.5, 0.6) is 5.75 Å². The van der Waals surface area contributed by atoms with E-state index in [1.807, 2.05) is 35.9 Å². The van der Waals surface area contributed by atoms with Crippen molar-refractivity contribution in [2.45, 2.75) is 71.7 Å². The quantitative estimate of drug-likeness (QED) is 0.286. The standard InChI is InChI=1S/C30H38N6O3/c1-4-28(29-32-33-34-36(29)20-26-11-8-16-39-26)35(15-14-22-10-7-6-9-21(22)3)19-24-17-23-18-25(38-5-2)12-13-27(23)31-30(24)37/h6-7,9-10,12-13,17-18,26,28H,4-5,8,11,14-16,19-20H2,1-3H3,(H,31,37)/t26-,28-/m0/s1. The molecule has 3 heterocycles. The molecule has 5 rings (SSSR count). The van der Waals surface area contributed by atoms with E-state index in [9.17, 15) is 4.79 Å². The van der Waals surface area contributed by atoms with Crippen LogP contribution < -0.4 is 10.3 Å². The van der Waals surface area contributed by atoms with Crippen molar-refractivity contribution in [3.8, 4) is 5.75 Å². The van der Waals surface area contributed by atoms with Crippen molar-refractivity contribution in [3.63, 3.8) is 0 Å². The van der Waals surface area contributed by atoms with Gasteiger partial charge in [0.25, 0.3) is 5.56 Å². The molecule has 9 nitrogen and oxygen atoms in total. The Bertz CT molecular complexity index is 1440. The van der Waals surface area contributed by atoms with E-state index in [1.165, 1.54) is 11.1 Å². The third-order valence-corrected chi connectivity index (χ3v) is 7.59. The minimum absolute atomic E-state index is 0.0599. The van der Waals surface area contributed by atoms with Gasteiger partial charge in [-0.05, 0) is 85.3 Å². The fourth-order valence-corrected chi connectivity index (χ4v) is 5.49. The molecule has 1 N–H and O–H groups in total. The van der Waals surface area contributed by atoms with E-state index in [0.717, 1.165) is 61.3 Å². The first-order chi connectivity index (χ1) is 19.1. The van der Waals surface area contributed by atoms with E-state index in [0.29, 0.717) is 25.3 Å². The highest BCUT2D eigenvalue weighted by Gasteiger charge is 2.27. The second-order valence-corrected chi connectivity index (χ2v) is 10.2. The zero-order chi connectivity index (χ0) is 27.2. The predicted molar refractivity (Wildman–Crippen MR) is 151 cm³/mol. The second kappa shape index (κ2) is 12.5. The van der Waals surface area contributed by atoms with Gasteiger partial charge in [-0.15, -0.1) is 5.10 Å². The maximum absolute atomic E-state index is 13.2. The van der Waals surface area contributed by atoms with Crippen LogP contribution in [0.15, 0.2) is 53.3 Å². The van der Waals surface area contributed by atoms with Crippen LogP contribution in [0, 0.1) is 6.92 Å². The van der Waals surface area contributed by atoms with Crippen LogP contribution in [-0.2, 0) is 24.2 Å². The summed E-state index contributed by atoms with van der Waals surface area (Å²) in [5, 5.41) is 13.8. The molecule has 1 fully saturated rings. The van der Waals surface area contributed by atoms with E-state index in [2.05, 4.69) is 63.5 Å². The average molecular weight is 531 g/mol. The Morgan fingerprint density at radius 3 is 2.82 bits per heavy atom. The summed E-state index contributed by atoms with van der Waals surface area (Å²) in [6.45, 7) is 9.50. The molecule has 2 atom stereocenters. The molecule has 0 radical (unpaired) electrons. The van der Waals surface area contributed by atoms with Gasteiger partial charge in [-0.2, -0.15) is 0 Å². The summed E-state index contributed by atoms with van der Waals surface area (Å²) in [6.07, 6.45) is 3.88. The van der Waals surface area contributed by atoms with Gasteiger partial charge in [-0.25, -0.2) is 4.68 Å². The summed E-state index contributed by atoms with van der Waals surface area (Å²) in [5.41, 5.74) is 3.98. The first kappa shape index (κ1) is 27.0. The molecule has 0 amide bonds. The maximum Gasteiger partial charge on any atom is 0.252 e. The number of nitrogens with zero attached hydrogens (tertiary/aromatic N) is 5. The minimum atomic E-state index is -0.0821. The number of hydrogen-bond donors (Lipinski definition) is 1. The van der Waals surface area contributed by atoms with Crippen LogP contribution in [0.25, 0.3) is 10.9 Å². The van der Waals surface area contributed by atoms with Crippen molar-refractivity contribution in [3.05, 3.63) is 81.4 Å². The summed E-state index contributed by atoms with van der Waals surface area (Å²) < 4.78 is 13.5. The Morgan fingerprint density at radius 2 is 2.05 bits per heavy atom. The predicted octanol–water partition coefficient (Wildman–Crippen LogP) is 4.60. The number of rotatable bonds is 12. The highest BCUT2D eigenvalue weighted by atomic mass is 16.5. The maximum atomic E-state index is 13.2. The molecule has 0 spiro atoms. The Labute approximate surface area is 229 Å². The number of tetrazole rings is 1. The van der Waals surface area contributed by atoms with Crippen LogP contribution >= 0.6 is 0 Å². The van der Waals surface area contributed by atoms with E-state index < -0.39 is 0 Å². The number of aromatic nitrogens is 5. The van der Waals surface area contributed by atoms with Gasteiger partial charge in [0.15, 0.2) is 5.82 Å². The van der Waals surface area contributed by atoms with Crippen molar-refractivity contribution < 1.29 is 9.47 Å². The summed E-state index contributed by atoms with van der Waals surface area (Å²) in [6, 6.07) is 16.2. The van der Waals surface area contributed by atoms with E-state index in [4.69, 9.17) is 9.47 Å². The van der Waals surface area contributed by atoms with E-state index >= 15 is 0 Å². The summed E-state index contributed by atoms with van der Waals surface area (Å²) in [7, 11) is 0. The van der Waals surface area contributed by atoms with E-state index in [-0.39, 0.29) is 17.7 Å². The van der Waals surface area contributed by atoms with Gasteiger partial charge in [-0.3, -0.25) is 9.69 Å². The molecule has 39 heavy (non-hydrogen) atoms. The fraction of sp³-hybridized carbons (Fsp3) is 0.467. The Hall–Kier alpha value is -3.56. The van der Waals surface area contributed by atoms with Gasteiger partial charge >= 0.3 is 0 Å². The van der Waals surface area contributed by atoms with Crippen LogP contribution in [0.1, 0.15) is 61.7 Å². The number of fused-ring (bicyclic) bond motifs is 1. The van der Waals surface area contributed by atoms with Crippen molar-refractivity contribution in [1.82, 2.24) is 30.1 Å². The minimum Gasteiger partial charge on any atom is -0.494 e. The van der Waals surface area contributed by atoms with Gasteiger partial charge in [0.1, 0.15) is 5.75 Å². The van der Waals surface area contributed by atoms with Crippen molar-refractivity contribution in [2.24, 2.45) is 0 Å². The number of hydrogen-bond acceptors (Lipinski definition) is 7. The molecule has 0 bridgehead atoms. The molecule has 9 heteroatoms. The summed E-state index contributed by atoms with van der Waals surface area (Å²) in [5.74, 6) is 1.60. The first-order valence-electron chi connectivity index (χ1n) is 14.0. The molecular formula is C30H38N6O3. The number of ether oxygens (including phenoxy) is 2. The van der Waals surface area contributed by atoms with Gasteiger partial charge < -0.3 is 14.5 Å². The lowest BCUT2D eigenvalue weighted by Gasteiger charge is -2.30. The zero-order valence-electron chi connectivity index (χ0n) is 23.1. The van der Waals surface area contributed by atoms with Crippen molar-refractivity contribution in [2.75, 3.05) is 19.8 Å². The SMILES string of the molecule is CCOc1ccc2[nH]c(=O)c(CN(CCc3ccccc3C)[C@@H](CC)c3nnnn3C[C@@H]3CCCO3)cc2c1. The van der Waals surface area contributed by atoms with Gasteiger partial charge in [0.05, 0.1) is 25.3 Å². The molecule has 1 aliphatic heterocycles. The van der Waals surface area contributed by atoms with Crippen LogP contribution in [0.3, 0.4) is 0 Å². The molecule has 1 aliphatic rings. The number of aromatic amines is 1. The molecule has 2 aromatic carbocycles. The molecule has 0 aliphatic carbocycles. The summed E-state index contributed by atoms with van der Waals surface area (Å²) >= 11 is 0. The van der Waals surface area contributed by atoms with Crippen molar-refractivity contribution >= 4 is 10.9 Å². The fourth-order valence-electron chi connectivity index (χ4n) is 5.49.